The van der Waals surface area contributed by atoms with Crippen LogP contribution in [0.25, 0.3) is 0 Å². The van der Waals surface area contributed by atoms with Crippen LogP contribution in [0.5, 0.6) is 11.6 Å². The van der Waals surface area contributed by atoms with Crippen LogP contribution in [0.1, 0.15) is 35.8 Å². The third-order valence-corrected chi connectivity index (χ3v) is 3.52. The third kappa shape index (κ3) is 4.82. The first-order valence-corrected chi connectivity index (χ1v) is 7.66. The van der Waals surface area contributed by atoms with E-state index >= 15 is 0 Å². The van der Waals surface area contributed by atoms with Gasteiger partial charge in [-0.3, -0.25) is 0 Å². The van der Waals surface area contributed by atoms with E-state index in [1.54, 1.807) is 20.1 Å². The van der Waals surface area contributed by atoms with Crippen LogP contribution < -0.4 is 9.47 Å². The highest BCUT2D eigenvalue weighted by Gasteiger charge is 2.14. The number of carbonyl (C=O) groups is 1. The van der Waals surface area contributed by atoms with E-state index in [-0.39, 0.29) is 5.92 Å². The maximum Gasteiger partial charge on any atom is 0.217 e. The fraction of sp³-hybridized carbons (Fsp3) is 0.316. The zero-order chi connectivity index (χ0) is 17.4. The van der Waals surface area contributed by atoms with Crippen molar-refractivity contribution in [2.45, 2.75) is 32.3 Å². The molecule has 0 aliphatic heterocycles. The summed E-state index contributed by atoms with van der Waals surface area (Å²) in [4.78, 5) is 19.9. The first kappa shape index (κ1) is 17.5. The lowest BCUT2D eigenvalue weighted by Gasteiger charge is -2.12. The molecule has 24 heavy (non-hydrogen) atoms. The van der Waals surface area contributed by atoms with Crippen molar-refractivity contribution in [3.05, 3.63) is 47.4 Å². The topological polar surface area (TPSA) is 61.3 Å². The average Bonchev–Trinajstić information content (AvgIpc) is 2.60. The summed E-state index contributed by atoms with van der Waals surface area (Å²) in [5.41, 5.74) is 1.63. The number of aromatic nitrogens is 2. The van der Waals surface area contributed by atoms with Crippen molar-refractivity contribution >= 4 is 6.29 Å². The van der Waals surface area contributed by atoms with Crippen molar-refractivity contribution in [3.63, 3.8) is 0 Å². The minimum Gasteiger partial charge on any atom is -0.497 e. The second-order valence-electron chi connectivity index (χ2n) is 5.30. The number of terminal acetylenes is 1. The van der Waals surface area contributed by atoms with Gasteiger partial charge in [-0.15, -0.1) is 12.3 Å². The fourth-order valence-corrected chi connectivity index (χ4v) is 2.23. The van der Waals surface area contributed by atoms with E-state index in [9.17, 15) is 4.79 Å². The van der Waals surface area contributed by atoms with Crippen LogP contribution in [0, 0.1) is 19.3 Å². The quantitative estimate of drug-likeness (QED) is 0.552. The van der Waals surface area contributed by atoms with Gasteiger partial charge in [0, 0.05) is 12.5 Å². The van der Waals surface area contributed by atoms with Crippen LogP contribution in [0.15, 0.2) is 30.3 Å². The molecular formula is C19H20N2O3. The van der Waals surface area contributed by atoms with E-state index in [0.29, 0.717) is 36.8 Å². The Hall–Kier alpha value is -2.87. The van der Waals surface area contributed by atoms with Crippen molar-refractivity contribution in [1.29, 1.82) is 0 Å². The molecule has 1 atom stereocenters. The Morgan fingerprint density at radius 1 is 1.29 bits per heavy atom. The summed E-state index contributed by atoms with van der Waals surface area (Å²) in [6.07, 6.45) is 7.22. The van der Waals surface area contributed by atoms with Crippen LogP contribution in [-0.2, 0) is 11.4 Å². The number of hydrogen-bond donors (Lipinski definition) is 0. The standard InChI is InChI=1S/C19H20N2O3/c1-4-5-6-16(12-22)18-11-19(21-14(2)20-18)24-13-15-7-9-17(23-3)10-8-15/h1,7-12,16H,5-6,13H2,2-3H3. The molecule has 0 aliphatic carbocycles. The number of rotatable bonds is 8. The van der Waals surface area contributed by atoms with Crippen LogP contribution in [0.2, 0.25) is 0 Å². The molecule has 0 saturated heterocycles. The molecule has 5 nitrogen and oxygen atoms in total. The van der Waals surface area contributed by atoms with Gasteiger partial charge in [0.1, 0.15) is 24.5 Å². The van der Waals surface area contributed by atoms with Gasteiger partial charge in [0.15, 0.2) is 0 Å². The average molecular weight is 324 g/mol. The SMILES string of the molecule is C#CCCC(C=O)c1cc(OCc2ccc(OC)cc2)nc(C)n1. The largest absolute Gasteiger partial charge is 0.497 e. The van der Waals surface area contributed by atoms with Gasteiger partial charge in [0.05, 0.1) is 18.7 Å². The van der Waals surface area contributed by atoms with Gasteiger partial charge >= 0.3 is 0 Å². The van der Waals surface area contributed by atoms with E-state index in [1.165, 1.54) is 0 Å². The van der Waals surface area contributed by atoms with Gasteiger partial charge in [-0.2, -0.15) is 4.98 Å². The molecule has 1 aromatic carbocycles. The molecule has 0 bridgehead atoms. The predicted octanol–water partition coefficient (Wildman–Crippen LogP) is 3.07. The van der Waals surface area contributed by atoms with Gasteiger partial charge in [0.2, 0.25) is 5.88 Å². The van der Waals surface area contributed by atoms with E-state index in [1.807, 2.05) is 24.3 Å². The molecule has 0 radical (unpaired) electrons. The fourth-order valence-electron chi connectivity index (χ4n) is 2.23. The van der Waals surface area contributed by atoms with E-state index in [4.69, 9.17) is 15.9 Å². The molecule has 0 fully saturated rings. The maximum atomic E-state index is 11.3. The molecule has 2 rings (SSSR count). The lowest BCUT2D eigenvalue weighted by atomic mass is 10.0. The summed E-state index contributed by atoms with van der Waals surface area (Å²) in [7, 11) is 1.63. The molecule has 0 amide bonds. The van der Waals surface area contributed by atoms with Crippen LogP contribution in [0.4, 0.5) is 0 Å². The molecule has 1 heterocycles. The first-order chi connectivity index (χ1) is 11.7. The molecule has 0 N–H and O–H groups in total. The third-order valence-electron chi connectivity index (χ3n) is 3.52. The minimum absolute atomic E-state index is 0.342. The van der Waals surface area contributed by atoms with Crippen molar-refractivity contribution in [3.8, 4) is 24.0 Å². The predicted molar refractivity (Wildman–Crippen MR) is 91.0 cm³/mol. The van der Waals surface area contributed by atoms with E-state index in [0.717, 1.165) is 17.6 Å². The normalized spacial score (nSPS) is 11.4. The van der Waals surface area contributed by atoms with Crippen LogP contribution in [0.3, 0.4) is 0 Å². The number of methoxy groups -OCH3 is 1. The van der Waals surface area contributed by atoms with Crippen molar-refractivity contribution in [2.75, 3.05) is 7.11 Å². The number of carbonyl (C=O) groups excluding carboxylic acids is 1. The number of aldehydes is 1. The molecule has 5 heteroatoms. The summed E-state index contributed by atoms with van der Waals surface area (Å²) in [6, 6.07) is 9.30. The number of hydrogen-bond acceptors (Lipinski definition) is 5. The smallest absolute Gasteiger partial charge is 0.217 e. The Labute approximate surface area is 142 Å². The van der Waals surface area contributed by atoms with Crippen molar-refractivity contribution in [1.82, 2.24) is 9.97 Å². The molecule has 0 spiro atoms. The van der Waals surface area contributed by atoms with Crippen LogP contribution >= 0.6 is 0 Å². The van der Waals surface area contributed by atoms with Gasteiger partial charge in [-0.1, -0.05) is 12.1 Å². The highest BCUT2D eigenvalue weighted by Crippen LogP contribution is 2.21. The molecule has 0 saturated carbocycles. The van der Waals surface area contributed by atoms with E-state index in [2.05, 4.69) is 15.9 Å². The van der Waals surface area contributed by atoms with E-state index < -0.39 is 0 Å². The van der Waals surface area contributed by atoms with Gasteiger partial charge < -0.3 is 14.3 Å². The molecule has 1 unspecified atom stereocenters. The molecule has 2 aromatic rings. The Balaban J connectivity index is 2.09. The lowest BCUT2D eigenvalue weighted by Crippen LogP contribution is -2.07. The molecule has 0 aliphatic rings. The number of aryl methyl sites for hydroxylation is 1. The zero-order valence-corrected chi connectivity index (χ0v) is 13.9. The Kier molecular flexibility index (Phi) is 6.32. The minimum atomic E-state index is -0.342. The van der Waals surface area contributed by atoms with Crippen molar-refractivity contribution < 1.29 is 14.3 Å². The molecular weight excluding hydrogens is 304 g/mol. The van der Waals surface area contributed by atoms with Gasteiger partial charge in [-0.05, 0) is 31.0 Å². The zero-order valence-electron chi connectivity index (χ0n) is 13.9. The Morgan fingerprint density at radius 3 is 2.67 bits per heavy atom. The van der Waals surface area contributed by atoms with Gasteiger partial charge in [-0.25, -0.2) is 4.98 Å². The molecule has 124 valence electrons. The summed E-state index contributed by atoms with van der Waals surface area (Å²) in [6.45, 7) is 2.14. The second-order valence-corrected chi connectivity index (χ2v) is 5.30. The second kappa shape index (κ2) is 8.68. The number of nitrogens with zero attached hydrogens (tertiary/aromatic N) is 2. The Morgan fingerprint density at radius 2 is 2.04 bits per heavy atom. The Bertz CT molecular complexity index is 720. The summed E-state index contributed by atoms with van der Waals surface area (Å²) < 4.78 is 10.9. The highest BCUT2D eigenvalue weighted by atomic mass is 16.5. The first-order valence-electron chi connectivity index (χ1n) is 7.66. The molecule has 1 aromatic heterocycles. The summed E-state index contributed by atoms with van der Waals surface area (Å²) in [5, 5.41) is 0. The maximum absolute atomic E-state index is 11.3. The number of benzene rings is 1. The van der Waals surface area contributed by atoms with Gasteiger partial charge in [0.25, 0.3) is 0 Å². The monoisotopic (exact) mass is 324 g/mol. The van der Waals surface area contributed by atoms with Crippen LogP contribution in [-0.4, -0.2) is 23.4 Å². The van der Waals surface area contributed by atoms with Crippen molar-refractivity contribution in [2.24, 2.45) is 0 Å². The lowest BCUT2D eigenvalue weighted by molar-refractivity contribution is -0.109. The summed E-state index contributed by atoms with van der Waals surface area (Å²) >= 11 is 0. The number of ether oxygens (including phenoxy) is 2. The highest BCUT2D eigenvalue weighted by molar-refractivity contribution is 5.61. The summed E-state index contributed by atoms with van der Waals surface area (Å²) in [5.74, 6) is 4.00.